The number of aliphatic hydroxyl groups excluding tert-OH is 1. The highest BCUT2D eigenvalue weighted by atomic mass is 16.3. The number of aliphatic hydroxyl groups is 1. The first-order valence-electron chi connectivity index (χ1n) is 5.03. The smallest absolute Gasteiger partial charge is 0.255 e. The minimum atomic E-state index is -0.842. The van der Waals surface area contributed by atoms with Crippen molar-refractivity contribution in [1.82, 2.24) is 4.98 Å². The standard InChI is InChI=1S/C11H14N2O2/c1-7-3-4-9(8(2)12-7)13-6-5-10(14)11(13)15/h3-4,10,14H,5-6H2,1-2H3/t10-/m1/s1. The van der Waals surface area contributed by atoms with Crippen molar-refractivity contribution in [3.8, 4) is 0 Å². The van der Waals surface area contributed by atoms with Crippen LogP contribution in [0.1, 0.15) is 17.8 Å². The van der Waals surface area contributed by atoms with E-state index in [1.54, 1.807) is 4.90 Å². The normalized spacial score (nSPS) is 21.1. The lowest BCUT2D eigenvalue weighted by Gasteiger charge is -2.17. The number of nitrogens with zero attached hydrogens (tertiary/aromatic N) is 2. The zero-order valence-corrected chi connectivity index (χ0v) is 8.90. The van der Waals surface area contributed by atoms with Gasteiger partial charge >= 0.3 is 0 Å². The quantitative estimate of drug-likeness (QED) is 0.739. The summed E-state index contributed by atoms with van der Waals surface area (Å²) in [7, 11) is 0. The second-order valence-corrected chi connectivity index (χ2v) is 3.85. The van der Waals surface area contributed by atoms with Gasteiger partial charge in [-0.1, -0.05) is 0 Å². The fourth-order valence-electron chi connectivity index (χ4n) is 1.87. The molecule has 2 rings (SSSR count). The van der Waals surface area contributed by atoms with Crippen molar-refractivity contribution < 1.29 is 9.90 Å². The molecule has 0 radical (unpaired) electrons. The Balaban J connectivity index is 2.34. The number of aryl methyl sites for hydroxylation is 2. The van der Waals surface area contributed by atoms with Gasteiger partial charge in [-0.25, -0.2) is 0 Å². The van der Waals surface area contributed by atoms with Crippen LogP contribution in [0.3, 0.4) is 0 Å². The van der Waals surface area contributed by atoms with E-state index in [4.69, 9.17) is 0 Å². The molecule has 0 bridgehead atoms. The Hall–Kier alpha value is -1.42. The van der Waals surface area contributed by atoms with Gasteiger partial charge in [0.25, 0.3) is 5.91 Å². The highest BCUT2D eigenvalue weighted by Gasteiger charge is 2.31. The monoisotopic (exact) mass is 206 g/mol. The number of carbonyl (C=O) groups is 1. The van der Waals surface area contributed by atoms with Crippen LogP contribution in [0.15, 0.2) is 12.1 Å². The second-order valence-electron chi connectivity index (χ2n) is 3.85. The Labute approximate surface area is 88.6 Å². The van der Waals surface area contributed by atoms with Crippen LogP contribution in [-0.2, 0) is 4.79 Å². The maximum absolute atomic E-state index is 11.6. The van der Waals surface area contributed by atoms with Gasteiger partial charge in [-0.3, -0.25) is 9.78 Å². The van der Waals surface area contributed by atoms with Gasteiger partial charge < -0.3 is 10.0 Å². The summed E-state index contributed by atoms with van der Waals surface area (Å²) in [5.41, 5.74) is 2.57. The topological polar surface area (TPSA) is 53.4 Å². The van der Waals surface area contributed by atoms with Crippen LogP contribution in [-0.4, -0.2) is 28.6 Å². The second kappa shape index (κ2) is 3.62. The molecule has 1 saturated heterocycles. The van der Waals surface area contributed by atoms with Crippen molar-refractivity contribution >= 4 is 11.6 Å². The van der Waals surface area contributed by atoms with Gasteiger partial charge in [0.2, 0.25) is 0 Å². The first-order valence-corrected chi connectivity index (χ1v) is 5.03. The van der Waals surface area contributed by atoms with E-state index < -0.39 is 6.10 Å². The number of hydrogen-bond donors (Lipinski definition) is 1. The van der Waals surface area contributed by atoms with Crippen molar-refractivity contribution in [2.24, 2.45) is 0 Å². The number of pyridine rings is 1. The number of amides is 1. The van der Waals surface area contributed by atoms with E-state index >= 15 is 0 Å². The summed E-state index contributed by atoms with van der Waals surface area (Å²) in [5.74, 6) is -0.219. The van der Waals surface area contributed by atoms with E-state index in [-0.39, 0.29) is 5.91 Å². The van der Waals surface area contributed by atoms with Crippen LogP contribution < -0.4 is 4.90 Å². The van der Waals surface area contributed by atoms with Crippen LogP contribution >= 0.6 is 0 Å². The third-order valence-corrected chi connectivity index (χ3v) is 2.67. The van der Waals surface area contributed by atoms with Gasteiger partial charge in [-0.2, -0.15) is 0 Å². The summed E-state index contributed by atoms with van der Waals surface area (Å²) in [6.45, 7) is 4.36. The molecule has 0 aliphatic carbocycles. The van der Waals surface area contributed by atoms with E-state index in [2.05, 4.69) is 4.98 Å². The Bertz CT molecular complexity index is 404. The fraction of sp³-hybridized carbons (Fsp3) is 0.455. The van der Waals surface area contributed by atoms with Crippen LogP contribution in [0.2, 0.25) is 0 Å². The van der Waals surface area contributed by atoms with Crippen LogP contribution in [0.5, 0.6) is 0 Å². The van der Waals surface area contributed by atoms with Crippen molar-refractivity contribution in [2.75, 3.05) is 11.4 Å². The lowest BCUT2D eigenvalue weighted by atomic mass is 10.2. The number of hydrogen-bond acceptors (Lipinski definition) is 3. The van der Waals surface area contributed by atoms with E-state index in [1.807, 2.05) is 26.0 Å². The summed E-state index contributed by atoms with van der Waals surface area (Å²) in [6, 6.07) is 3.76. The van der Waals surface area contributed by atoms with Crippen LogP contribution in [0.25, 0.3) is 0 Å². The van der Waals surface area contributed by atoms with Gasteiger partial charge in [-0.05, 0) is 26.0 Å². The van der Waals surface area contributed by atoms with Crippen molar-refractivity contribution in [2.45, 2.75) is 26.4 Å². The minimum absolute atomic E-state index is 0.219. The molecule has 1 N–H and O–H groups in total. The number of anilines is 1. The molecule has 2 heterocycles. The van der Waals surface area contributed by atoms with E-state index in [1.165, 1.54) is 0 Å². The Morgan fingerprint density at radius 2 is 2.20 bits per heavy atom. The molecule has 4 nitrogen and oxygen atoms in total. The van der Waals surface area contributed by atoms with Gasteiger partial charge in [-0.15, -0.1) is 0 Å². The summed E-state index contributed by atoms with van der Waals surface area (Å²) in [4.78, 5) is 17.5. The summed E-state index contributed by atoms with van der Waals surface area (Å²) in [5, 5.41) is 9.36. The van der Waals surface area contributed by atoms with Crippen molar-refractivity contribution in [3.63, 3.8) is 0 Å². The molecule has 15 heavy (non-hydrogen) atoms. The zero-order chi connectivity index (χ0) is 11.0. The maximum Gasteiger partial charge on any atom is 0.255 e. The molecule has 4 heteroatoms. The van der Waals surface area contributed by atoms with E-state index in [9.17, 15) is 9.90 Å². The average molecular weight is 206 g/mol. The minimum Gasteiger partial charge on any atom is -0.383 e. The Morgan fingerprint density at radius 1 is 1.47 bits per heavy atom. The third-order valence-electron chi connectivity index (χ3n) is 2.67. The molecule has 1 aromatic heterocycles. The molecular formula is C11H14N2O2. The maximum atomic E-state index is 11.6. The van der Waals surface area contributed by atoms with E-state index in [0.717, 1.165) is 17.1 Å². The summed E-state index contributed by atoms with van der Waals surface area (Å²) >= 11 is 0. The molecular weight excluding hydrogens is 192 g/mol. The molecule has 1 aliphatic heterocycles. The van der Waals surface area contributed by atoms with Crippen LogP contribution in [0.4, 0.5) is 5.69 Å². The van der Waals surface area contributed by atoms with Crippen molar-refractivity contribution in [3.05, 3.63) is 23.5 Å². The predicted molar refractivity (Wildman–Crippen MR) is 56.7 cm³/mol. The largest absolute Gasteiger partial charge is 0.383 e. The molecule has 0 aromatic carbocycles. The molecule has 80 valence electrons. The fourth-order valence-corrected chi connectivity index (χ4v) is 1.87. The summed E-state index contributed by atoms with van der Waals surface area (Å²) in [6.07, 6.45) is -0.336. The van der Waals surface area contributed by atoms with Gasteiger partial charge in [0.15, 0.2) is 0 Å². The highest BCUT2D eigenvalue weighted by Crippen LogP contribution is 2.24. The number of carbonyl (C=O) groups excluding carboxylic acids is 1. The molecule has 1 atom stereocenters. The average Bonchev–Trinajstić information content (AvgIpc) is 2.49. The molecule has 1 amide bonds. The summed E-state index contributed by atoms with van der Waals surface area (Å²) < 4.78 is 0. The van der Waals surface area contributed by atoms with Crippen molar-refractivity contribution in [1.29, 1.82) is 0 Å². The van der Waals surface area contributed by atoms with Gasteiger partial charge in [0, 0.05) is 18.7 Å². The molecule has 1 fully saturated rings. The zero-order valence-electron chi connectivity index (χ0n) is 8.90. The van der Waals surface area contributed by atoms with E-state index in [0.29, 0.717) is 13.0 Å². The third kappa shape index (κ3) is 1.72. The highest BCUT2D eigenvalue weighted by molar-refractivity contribution is 5.98. The number of rotatable bonds is 1. The number of aromatic nitrogens is 1. The Morgan fingerprint density at radius 3 is 2.73 bits per heavy atom. The SMILES string of the molecule is Cc1ccc(N2CC[C@@H](O)C2=O)c(C)n1. The predicted octanol–water partition coefficient (Wildman–Crippen LogP) is 0.796. The molecule has 0 saturated carbocycles. The Kier molecular flexibility index (Phi) is 2.44. The first-order chi connectivity index (χ1) is 7.09. The molecule has 0 unspecified atom stereocenters. The lowest BCUT2D eigenvalue weighted by molar-refractivity contribution is -0.124. The van der Waals surface area contributed by atoms with Crippen LogP contribution in [0, 0.1) is 13.8 Å². The lowest BCUT2D eigenvalue weighted by Crippen LogP contribution is -2.29. The van der Waals surface area contributed by atoms with Gasteiger partial charge in [0.1, 0.15) is 6.10 Å². The molecule has 1 aliphatic rings. The first kappa shape index (κ1) is 10.1. The van der Waals surface area contributed by atoms with Gasteiger partial charge in [0.05, 0.1) is 11.4 Å². The molecule has 1 aromatic rings. The molecule has 0 spiro atoms.